The van der Waals surface area contributed by atoms with Crippen molar-refractivity contribution >= 4 is 38.4 Å². The van der Waals surface area contributed by atoms with E-state index in [9.17, 15) is 17.6 Å². The lowest BCUT2D eigenvalue weighted by molar-refractivity contribution is 0.0678. The minimum absolute atomic E-state index is 0.0598. The highest BCUT2D eigenvalue weighted by Gasteiger charge is 2.22. The second-order valence-electron chi connectivity index (χ2n) is 6.93. The smallest absolute Gasteiger partial charge is 0.310 e. The molecule has 158 valence electrons. The van der Waals surface area contributed by atoms with Crippen molar-refractivity contribution in [3.05, 3.63) is 48.1 Å². The summed E-state index contributed by atoms with van der Waals surface area (Å²) >= 11 is 0. The molecule has 0 radical (unpaired) electrons. The molecule has 1 amide bonds. The first kappa shape index (κ1) is 20.1. The van der Waals surface area contributed by atoms with E-state index in [1.807, 2.05) is 4.90 Å². The monoisotopic (exact) mass is 434 g/mol. The fourth-order valence-electron chi connectivity index (χ4n) is 3.42. The third-order valence-corrected chi connectivity index (χ3v) is 6.22. The molecule has 30 heavy (non-hydrogen) atoms. The highest BCUT2D eigenvalue weighted by molar-refractivity contribution is 7.92. The van der Waals surface area contributed by atoms with E-state index in [0.29, 0.717) is 24.3 Å². The molecule has 3 heterocycles. The molecule has 1 saturated heterocycles. The Balaban J connectivity index is 1.67. The van der Waals surface area contributed by atoms with Crippen LogP contribution in [-0.2, 0) is 10.0 Å². The number of piperidine rings is 1. The zero-order chi connectivity index (χ0) is 21.3. The Kier molecular flexibility index (Phi) is 5.31. The van der Waals surface area contributed by atoms with Crippen molar-refractivity contribution in [1.82, 2.24) is 10.5 Å². The summed E-state index contributed by atoms with van der Waals surface area (Å²) < 4.78 is 47.4. The molecule has 9 nitrogen and oxygen atoms in total. The highest BCUT2D eigenvalue weighted by atomic mass is 32.2. The van der Waals surface area contributed by atoms with Crippen LogP contribution in [0.1, 0.15) is 29.8 Å². The molecule has 1 aromatic carbocycles. The number of carbonyl (C=O) groups excluding carboxylic acids is 1. The van der Waals surface area contributed by atoms with E-state index < -0.39 is 21.7 Å². The number of aromatic nitrogens is 1. The normalized spacial score (nSPS) is 14.7. The van der Waals surface area contributed by atoms with Crippen molar-refractivity contribution in [3.63, 3.8) is 0 Å². The van der Waals surface area contributed by atoms with Gasteiger partial charge in [-0.2, -0.15) is 0 Å². The molecule has 3 N–H and O–H groups in total. The summed E-state index contributed by atoms with van der Waals surface area (Å²) in [6.45, 7) is 1.42. The number of nitrogens with one attached hydrogen (secondary N) is 2. The van der Waals surface area contributed by atoms with Gasteiger partial charge in [0.25, 0.3) is 10.0 Å². The summed E-state index contributed by atoms with van der Waals surface area (Å²) in [4.78, 5) is 17.4. The average molecular weight is 434 g/mol. The minimum atomic E-state index is -4.07. The number of halogens is 1. The Morgan fingerprint density at radius 2 is 1.93 bits per heavy atom. The Hall–Kier alpha value is -3.18. The van der Waals surface area contributed by atoms with Crippen LogP contribution in [0.2, 0.25) is 0 Å². The predicted octanol–water partition coefficient (Wildman–Crippen LogP) is 2.88. The van der Waals surface area contributed by atoms with Gasteiger partial charge in [0, 0.05) is 24.5 Å². The van der Waals surface area contributed by atoms with Crippen LogP contribution in [0, 0.1) is 5.82 Å². The number of carbonyl (C=O) groups is 1. The predicted molar refractivity (Wildman–Crippen MR) is 107 cm³/mol. The lowest BCUT2D eigenvalue weighted by Gasteiger charge is -2.29. The third-order valence-electron chi connectivity index (χ3n) is 4.86. The van der Waals surface area contributed by atoms with Crippen molar-refractivity contribution in [3.8, 4) is 0 Å². The number of pyridine rings is 1. The molecule has 2 aromatic heterocycles. The first-order valence-electron chi connectivity index (χ1n) is 9.29. The third kappa shape index (κ3) is 3.94. The quantitative estimate of drug-likeness (QED) is 0.416. The molecule has 4 rings (SSSR count). The van der Waals surface area contributed by atoms with Gasteiger partial charge in [0.1, 0.15) is 11.4 Å². The number of fused-ring (bicyclic) bond motifs is 1. The van der Waals surface area contributed by atoms with Gasteiger partial charge in [-0.25, -0.2) is 23.3 Å². The maximum Gasteiger partial charge on any atom is 0.310 e. The van der Waals surface area contributed by atoms with Gasteiger partial charge in [-0.1, -0.05) is 0 Å². The Labute approximate surface area is 171 Å². The Bertz CT molecular complexity index is 1200. The van der Waals surface area contributed by atoms with Crippen LogP contribution < -0.4 is 15.1 Å². The van der Waals surface area contributed by atoms with Gasteiger partial charge in [-0.05, 0) is 43.5 Å². The highest BCUT2D eigenvalue weighted by Crippen LogP contribution is 2.30. The second-order valence-corrected chi connectivity index (χ2v) is 8.61. The van der Waals surface area contributed by atoms with Crippen LogP contribution in [0.4, 0.5) is 15.9 Å². The number of sulfonamides is 1. The summed E-state index contributed by atoms with van der Waals surface area (Å²) in [6.07, 6.45) is 4.05. The summed E-state index contributed by atoms with van der Waals surface area (Å²) in [5.41, 5.74) is 1.78. The maximum absolute atomic E-state index is 13.8. The first-order valence-corrected chi connectivity index (χ1v) is 10.8. The summed E-state index contributed by atoms with van der Waals surface area (Å²) in [5.74, 6) is -1.30. The number of nitrogens with zero attached hydrogens (tertiary/aromatic N) is 2. The lowest BCUT2D eigenvalue weighted by atomic mass is 10.1. The molecule has 1 fully saturated rings. The van der Waals surface area contributed by atoms with E-state index in [2.05, 4.69) is 9.71 Å². The molecule has 1 aliphatic rings. The summed E-state index contributed by atoms with van der Waals surface area (Å²) in [6, 6.07) is 6.44. The zero-order valence-corrected chi connectivity index (χ0v) is 16.6. The van der Waals surface area contributed by atoms with E-state index >= 15 is 0 Å². The molecule has 0 saturated carbocycles. The standard InChI is InChI=1S/C19H19FN4O5S/c20-13-10-15(18(21-11-13)24-6-2-1-3-7-24)23-30(27,28)14-4-5-16-12(8-14)9-17(29-16)19(25)22-26/h4-5,8-11,23,26H,1-3,6-7H2,(H,22,25). The van der Waals surface area contributed by atoms with Gasteiger partial charge in [0.2, 0.25) is 0 Å². The van der Waals surface area contributed by atoms with E-state index in [0.717, 1.165) is 31.5 Å². The van der Waals surface area contributed by atoms with Crippen LogP contribution in [0.5, 0.6) is 0 Å². The average Bonchev–Trinajstić information content (AvgIpc) is 3.17. The van der Waals surface area contributed by atoms with Crippen molar-refractivity contribution in [2.75, 3.05) is 22.7 Å². The number of furan rings is 1. The van der Waals surface area contributed by atoms with Crippen molar-refractivity contribution in [2.24, 2.45) is 0 Å². The number of amides is 1. The molecular formula is C19H19FN4O5S. The molecular weight excluding hydrogens is 415 g/mol. The lowest BCUT2D eigenvalue weighted by Crippen LogP contribution is -2.31. The fourth-order valence-corrected chi connectivity index (χ4v) is 4.51. The molecule has 0 spiro atoms. The van der Waals surface area contributed by atoms with Gasteiger partial charge >= 0.3 is 5.91 Å². The molecule has 11 heteroatoms. The number of rotatable bonds is 5. The van der Waals surface area contributed by atoms with Crippen LogP contribution in [0.3, 0.4) is 0 Å². The van der Waals surface area contributed by atoms with Crippen molar-refractivity contribution in [2.45, 2.75) is 24.2 Å². The first-order chi connectivity index (χ1) is 14.4. The van der Waals surface area contributed by atoms with E-state index in [1.165, 1.54) is 29.7 Å². The molecule has 3 aromatic rings. The van der Waals surface area contributed by atoms with E-state index in [-0.39, 0.29) is 21.9 Å². The number of hydrogen-bond acceptors (Lipinski definition) is 7. The van der Waals surface area contributed by atoms with E-state index in [1.54, 1.807) is 0 Å². The SMILES string of the molecule is O=C(NO)c1cc2cc(S(=O)(=O)Nc3cc(F)cnc3N3CCCCC3)ccc2o1. The zero-order valence-electron chi connectivity index (χ0n) is 15.8. The molecule has 0 atom stereocenters. The van der Waals surface area contributed by atoms with Crippen LogP contribution in [0.25, 0.3) is 11.0 Å². The van der Waals surface area contributed by atoms with Crippen molar-refractivity contribution in [1.29, 1.82) is 0 Å². The molecule has 0 aliphatic carbocycles. The Morgan fingerprint density at radius 3 is 2.67 bits per heavy atom. The maximum atomic E-state index is 13.8. The van der Waals surface area contributed by atoms with Crippen molar-refractivity contribution < 1.29 is 27.2 Å². The number of hydrogen-bond donors (Lipinski definition) is 3. The van der Waals surface area contributed by atoms with Crippen LogP contribution in [-0.4, -0.2) is 37.6 Å². The molecule has 0 bridgehead atoms. The largest absolute Gasteiger partial charge is 0.451 e. The topological polar surface area (TPSA) is 125 Å². The molecule has 1 aliphatic heterocycles. The van der Waals surface area contributed by atoms with E-state index in [4.69, 9.17) is 9.62 Å². The van der Waals surface area contributed by atoms with Gasteiger partial charge in [-0.3, -0.25) is 14.7 Å². The number of anilines is 2. The summed E-state index contributed by atoms with van der Waals surface area (Å²) in [5, 5.41) is 9.06. The number of hydroxylamine groups is 1. The van der Waals surface area contributed by atoms with Gasteiger partial charge in [0.05, 0.1) is 16.8 Å². The Morgan fingerprint density at radius 1 is 1.17 bits per heavy atom. The van der Waals surface area contributed by atoms with Crippen LogP contribution in [0.15, 0.2) is 45.8 Å². The van der Waals surface area contributed by atoms with Gasteiger partial charge < -0.3 is 9.32 Å². The van der Waals surface area contributed by atoms with Crippen LogP contribution >= 0.6 is 0 Å². The fraction of sp³-hybridized carbons (Fsp3) is 0.263. The van der Waals surface area contributed by atoms with Gasteiger partial charge in [0.15, 0.2) is 11.6 Å². The summed E-state index contributed by atoms with van der Waals surface area (Å²) in [7, 11) is -4.07. The second kappa shape index (κ2) is 7.92. The van der Waals surface area contributed by atoms with Gasteiger partial charge in [-0.15, -0.1) is 0 Å². The number of benzene rings is 1. The molecule has 0 unspecified atom stereocenters. The minimum Gasteiger partial charge on any atom is -0.451 e.